The molecule has 1 saturated heterocycles. The lowest BCUT2D eigenvalue weighted by Crippen LogP contribution is -2.28. The molecule has 0 aliphatic carbocycles. The fourth-order valence-electron chi connectivity index (χ4n) is 2.71. The lowest BCUT2D eigenvalue weighted by atomic mass is 10.2. The van der Waals surface area contributed by atoms with Crippen LogP contribution >= 0.6 is 0 Å². The Balaban J connectivity index is 1.90. The summed E-state index contributed by atoms with van der Waals surface area (Å²) < 4.78 is 34.2. The van der Waals surface area contributed by atoms with Crippen molar-refractivity contribution in [3.8, 4) is 0 Å². The Hall–Kier alpha value is -0.920. The van der Waals surface area contributed by atoms with Gasteiger partial charge in [-0.25, -0.2) is 13.1 Å². The van der Waals surface area contributed by atoms with Crippen LogP contribution in [0.1, 0.15) is 43.1 Å². The summed E-state index contributed by atoms with van der Waals surface area (Å²) >= 11 is 0. The van der Waals surface area contributed by atoms with Gasteiger partial charge >= 0.3 is 0 Å². The van der Waals surface area contributed by atoms with Gasteiger partial charge in [0.05, 0.1) is 17.6 Å². The fourth-order valence-corrected chi connectivity index (χ4v) is 3.79. The van der Waals surface area contributed by atoms with Crippen molar-refractivity contribution in [2.24, 2.45) is 0 Å². The maximum atomic E-state index is 12.1. The molecule has 7 heteroatoms. The van der Waals surface area contributed by atoms with Crippen LogP contribution in [0.15, 0.2) is 0 Å². The van der Waals surface area contributed by atoms with Gasteiger partial charge in [0.2, 0.25) is 10.0 Å². The van der Waals surface area contributed by atoms with E-state index in [1.807, 2.05) is 25.5 Å². The standard InChI is InChI=1S/C14H25N3O3S/c1-4-17-12(3)14(11(2)16-17)10-15-21(18,19)9-7-13-6-5-8-20-13/h13,15H,4-10H2,1-3H3/t13-/m1/s1. The number of nitrogens with zero attached hydrogens (tertiary/aromatic N) is 2. The Labute approximate surface area is 126 Å². The van der Waals surface area contributed by atoms with Crippen LogP contribution in [0.25, 0.3) is 0 Å². The van der Waals surface area contributed by atoms with Crippen molar-refractivity contribution < 1.29 is 13.2 Å². The van der Waals surface area contributed by atoms with E-state index in [0.717, 1.165) is 42.9 Å². The van der Waals surface area contributed by atoms with Gasteiger partial charge in [-0.3, -0.25) is 4.68 Å². The van der Waals surface area contributed by atoms with Gasteiger partial charge in [-0.15, -0.1) is 0 Å². The van der Waals surface area contributed by atoms with Gasteiger partial charge in [0.15, 0.2) is 0 Å². The highest BCUT2D eigenvalue weighted by molar-refractivity contribution is 7.89. The highest BCUT2D eigenvalue weighted by Crippen LogP contribution is 2.16. The molecule has 2 heterocycles. The van der Waals surface area contributed by atoms with Crippen molar-refractivity contribution in [3.63, 3.8) is 0 Å². The molecule has 2 rings (SSSR count). The second-order valence-electron chi connectivity index (χ2n) is 5.53. The second kappa shape index (κ2) is 6.89. The van der Waals surface area contributed by atoms with Gasteiger partial charge in [0.1, 0.15) is 0 Å². The van der Waals surface area contributed by atoms with Crippen LogP contribution in [0.4, 0.5) is 0 Å². The largest absolute Gasteiger partial charge is 0.378 e. The topological polar surface area (TPSA) is 73.2 Å². The molecule has 0 unspecified atom stereocenters. The van der Waals surface area contributed by atoms with Crippen LogP contribution < -0.4 is 4.72 Å². The van der Waals surface area contributed by atoms with Crippen LogP contribution in [0, 0.1) is 13.8 Å². The van der Waals surface area contributed by atoms with Crippen LogP contribution in [-0.4, -0.2) is 36.7 Å². The Morgan fingerprint density at radius 2 is 2.19 bits per heavy atom. The van der Waals surface area contributed by atoms with Crippen LogP contribution in [0.5, 0.6) is 0 Å². The van der Waals surface area contributed by atoms with E-state index in [0.29, 0.717) is 13.0 Å². The third-order valence-electron chi connectivity index (χ3n) is 4.03. The van der Waals surface area contributed by atoms with Crippen LogP contribution in [-0.2, 0) is 27.8 Å². The Morgan fingerprint density at radius 1 is 1.43 bits per heavy atom. The van der Waals surface area contributed by atoms with Crippen molar-refractivity contribution in [3.05, 3.63) is 17.0 Å². The molecule has 120 valence electrons. The highest BCUT2D eigenvalue weighted by Gasteiger charge is 2.20. The first kappa shape index (κ1) is 16.5. The molecule has 0 radical (unpaired) electrons. The highest BCUT2D eigenvalue weighted by atomic mass is 32.2. The number of hydrogen-bond donors (Lipinski definition) is 1. The van der Waals surface area contributed by atoms with Crippen molar-refractivity contribution in [1.29, 1.82) is 0 Å². The first-order valence-electron chi connectivity index (χ1n) is 7.54. The summed E-state index contributed by atoms with van der Waals surface area (Å²) in [7, 11) is -3.27. The summed E-state index contributed by atoms with van der Waals surface area (Å²) in [6, 6.07) is 0. The van der Waals surface area contributed by atoms with Crippen molar-refractivity contribution in [2.75, 3.05) is 12.4 Å². The predicted molar refractivity (Wildman–Crippen MR) is 81.6 cm³/mol. The maximum absolute atomic E-state index is 12.1. The van der Waals surface area contributed by atoms with E-state index < -0.39 is 10.0 Å². The molecule has 0 bridgehead atoms. The molecular weight excluding hydrogens is 290 g/mol. The minimum Gasteiger partial charge on any atom is -0.378 e. The second-order valence-corrected chi connectivity index (χ2v) is 7.46. The summed E-state index contributed by atoms with van der Waals surface area (Å²) in [6.45, 7) is 7.76. The molecule has 21 heavy (non-hydrogen) atoms. The molecule has 6 nitrogen and oxygen atoms in total. The lowest BCUT2D eigenvalue weighted by Gasteiger charge is -2.11. The number of aryl methyl sites for hydroxylation is 2. The van der Waals surface area contributed by atoms with E-state index in [9.17, 15) is 8.42 Å². The third kappa shape index (κ3) is 4.28. The van der Waals surface area contributed by atoms with E-state index in [1.54, 1.807) is 0 Å². The van der Waals surface area contributed by atoms with Crippen LogP contribution in [0.2, 0.25) is 0 Å². The Kier molecular flexibility index (Phi) is 5.40. The molecule has 1 aromatic heterocycles. The first-order chi connectivity index (χ1) is 9.93. The molecular formula is C14H25N3O3S. The zero-order chi connectivity index (χ0) is 15.5. The number of nitrogens with one attached hydrogen (secondary N) is 1. The first-order valence-corrected chi connectivity index (χ1v) is 9.20. The number of rotatable bonds is 7. The SMILES string of the molecule is CCn1nc(C)c(CNS(=O)(=O)CC[C@H]2CCCO2)c1C. The monoisotopic (exact) mass is 315 g/mol. The van der Waals surface area contributed by atoms with Crippen molar-refractivity contribution in [1.82, 2.24) is 14.5 Å². The summed E-state index contributed by atoms with van der Waals surface area (Å²) in [5.41, 5.74) is 2.88. The van der Waals surface area contributed by atoms with Gasteiger partial charge in [-0.05, 0) is 40.0 Å². The Bertz CT molecular complexity index is 575. The smallest absolute Gasteiger partial charge is 0.211 e. The molecule has 0 spiro atoms. The number of aromatic nitrogens is 2. The zero-order valence-electron chi connectivity index (χ0n) is 13.1. The van der Waals surface area contributed by atoms with Gasteiger partial charge in [-0.2, -0.15) is 5.10 Å². The quantitative estimate of drug-likeness (QED) is 0.828. The summed E-state index contributed by atoms with van der Waals surface area (Å²) in [4.78, 5) is 0. The van der Waals surface area contributed by atoms with E-state index in [4.69, 9.17) is 4.74 Å². The minimum atomic E-state index is -3.27. The van der Waals surface area contributed by atoms with Crippen LogP contribution in [0.3, 0.4) is 0 Å². The Morgan fingerprint density at radius 3 is 2.76 bits per heavy atom. The normalized spacial score (nSPS) is 19.3. The number of ether oxygens (including phenoxy) is 1. The molecule has 1 aromatic rings. The van der Waals surface area contributed by atoms with E-state index in [-0.39, 0.29) is 11.9 Å². The van der Waals surface area contributed by atoms with E-state index in [1.165, 1.54) is 0 Å². The van der Waals surface area contributed by atoms with Gasteiger partial charge < -0.3 is 4.74 Å². The molecule has 0 amide bonds. The van der Waals surface area contributed by atoms with Gasteiger partial charge in [-0.1, -0.05) is 0 Å². The predicted octanol–water partition coefficient (Wildman–Crippen LogP) is 1.51. The molecule has 1 N–H and O–H groups in total. The summed E-state index contributed by atoms with van der Waals surface area (Å²) in [5, 5.41) is 4.40. The summed E-state index contributed by atoms with van der Waals surface area (Å²) in [5.74, 6) is 0.123. The molecule has 1 atom stereocenters. The maximum Gasteiger partial charge on any atom is 0.211 e. The third-order valence-corrected chi connectivity index (χ3v) is 5.39. The minimum absolute atomic E-state index is 0.105. The number of sulfonamides is 1. The number of hydrogen-bond acceptors (Lipinski definition) is 4. The lowest BCUT2D eigenvalue weighted by molar-refractivity contribution is 0.109. The van der Waals surface area contributed by atoms with Crippen molar-refractivity contribution >= 4 is 10.0 Å². The summed E-state index contributed by atoms with van der Waals surface area (Å²) in [6.07, 6.45) is 2.68. The average molecular weight is 315 g/mol. The fraction of sp³-hybridized carbons (Fsp3) is 0.786. The molecule has 1 fully saturated rings. The molecule has 1 aliphatic rings. The van der Waals surface area contributed by atoms with Gasteiger partial charge in [0, 0.05) is 31.0 Å². The average Bonchev–Trinajstić information content (AvgIpc) is 3.04. The molecule has 0 saturated carbocycles. The van der Waals surface area contributed by atoms with E-state index >= 15 is 0 Å². The molecule has 0 aromatic carbocycles. The van der Waals surface area contributed by atoms with Gasteiger partial charge in [0.25, 0.3) is 0 Å². The molecule has 1 aliphatic heterocycles. The van der Waals surface area contributed by atoms with Crippen molar-refractivity contribution in [2.45, 2.75) is 59.2 Å². The van der Waals surface area contributed by atoms with E-state index in [2.05, 4.69) is 9.82 Å². The zero-order valence-corrected chi connectivity index (χ0v) is 13.9.